The van der Waals surface area contributed by atoms with Crippen molar-refractivity contribution in [2.45, 2.75) is 0 Å². The zero-order valence-electron chi connectivity index (χ0n) is 4.09. The third kappa shape index (κ3) is 2.64. The number of carboxylic acid groups (broad SMARTS) is 1. The van der Waals surface area contributed by atoms with Crippen LogP contribution in [0.4, 0.5) is 0 Å². The molecule has 0 spiro atoms. The zero-order chi connectivity index (χ0) is 5.98. The number of carbonyl (C=O) groups is 1. The van der Waals surface area contributed by atoms with Crippen LogP contribution in [0.3, 0.4) is 0 Å². The van der Waals surface area contributed by atoms with E-state index >= 15 is 0 Å². The molecule has 0 fully saturated rings. The summed E-state index contributed by atoms with van der Waals surface area (Å²) in [7, 11) is 0. The molecule has 44 valence electrons. The average molecular weight is 151 g/mol. The number of nitrogens with one attached hydrogen (secondary N) is 1. The Labute approximate surface area is 94.9 Å². The van der Waals surface area contributed by atoms with Gasteiger partial charge < -0.3 is 10.1 Å². The summed E-state index contributed by atoms with van der Waals surface area (Å²) < 4.78 is 0. The minimum atomic E-state index is -0.897. The van der Waals surface area contributed by atoms with Gasteiger partial charge in [0.25, 0.3) is 0 Å². The zero-order valence-corrected chi connectivity index (χ0v) is 4.09. The molecule has 3 nitrogen and oxygen atoms in total. The second kappa shape index (κ2) is 4.24. The molecule has 0 radical (unpaired) electrons. The van der Waals surface area contributed by atoms with Crippen molar-refractivity contribution in [1.82, 2.24) is 4.98 Å². The summed E-state index contributed by atoms with van der Waals surface area (Å²) in [5.41, 5.74) is 0.296. The van der Waals surface area contributed by atoms with Crippen molar-refractivity contribution >= 4 is 57.4 Å². The maximum atomic E-state index is 10.0. The molecular formula is C5H6KNO2. The van der Waals surface area contributed by atoms with Gasteiger partial charge in [-0.25, -0.2) is 4.79 Å². The Morgan fingerprint density at radius 1 is 1.67 bits per heavy atom. The van der Waals surface area contributed by atoms with Crippen LogP contribution in [0, 0.1) is 0 Å². The van der Waals surface area contributed by atoms with E-state index < -0.39 is 5.97 Å². The van der Waals surface area contributed by atoms with Crippen LogP contribution in [0.1, 0.15) is 10.4 Å². The van der Waals surface area contributed by atoms with E-state index in [1.807, 2.05) is 0 Å². The van der Waals surface area contributed by atoms with Crippen LogP contribution in [0.2, 0.25) is 0 Å². The average Bonchev–Trinajstić information content (AvgIpc) is 2.12. The van der Waals surface area contributed by atoms with Gasteiger partial charge in [-0.15, -0.1) is 0 Å². The third-order valence-electron chi connectivity index (χ3n) is 0.845. The van der Waals surface area contributed by atoms with Crippen LogP contribution < -0.4 is 0 Å². The van der Waals surface area contributed by atoms with E-state index in [0.717, 1.165) is 0 Å². The molecule has 1 heterocycles. The molecule has 4 heteroatoms. The molecule has 0 aliphatic carbocycles. The molecule has 0 aromatic carbocycles. The molecule has 0 unspecified atom stereocenters. The molecule has 0 amide bonds. The number of H-pyrrole nitrogens is 1. The second-order valence-electron chi connectivity index (χ2n) is 1.40. The fraction of sp³-hybridized carbons (Fsp3) is 0. The molecule has 2 N–H and O–H groups in total. The topological polar surface area (TPSA) is 53.1 Å². The van der Waals surface area contributed by atoms with E-state index in [9.17, 15) is 4.79 Å². The van der Waals surface area contributed by atoms with E-state index in [4.69, 9.17) is 5.11 Å². The molecule has 0 aliphatic rings. The molecule has 0 aliphatic heterocycles. The van der Waals surface area contributed by atoms with Gasteiger partial charge in [-0.2, -0.15) is 0 Å². The molecule has 1 aromatic heterocycles. The molecule has 0 saturated heterocycles. The third-order valence-corrected chi connectivity index (χ3v) is 0.845. The minimum absolute atomic E-state index is 0. The first-order valence-corrected chi connectivity index (χ1v) is 2.17. The van der Waals surface area contributed by atoms with Crippen molar-refractivity contribution in [2.24, 2.45) is 0 Å². The van der Waals surface area contributed by atoms with Crippen LogP contribution in [0.15, 0.2) is 18.5 Å². The van der Waals surface area contributed by atoms with E-state index in [0.29, 0.717) is 5.56 Å². The summed E-state index contributed by atoms with van der Waals surface area (Å²) in [5.74, 6) is -0.897. The van der Waals surface area contributed by atoms with Gasteiger partial charge in [0.05, 0.1) is 5.56 Å². The predicted octanol–water partition coefficient (Wildman–Crippen LogP) is 0.0644. The van der Waals surface area contributed by atoms with Crippen LogP contribution in [-0.2, 0) is 0 Å². The van der Waals surface area contributed by atoms with Gasteiger partial charge in [-0.3, -0.25) is 0 Å². The maximum absolute atomic E-state index is 10.0. The van der Waals surface area contributed by atoms with Crippen molar-refractivity contribution in [3.8, 4) is 0 Å². The summed E-state index contributed by atoms with van der Waals surface area (Å²) >= 11 is 0. The second-order valence-corrected chi connectivity index (χ2v) is 1.40. The van der Waals surface area contributed by atoms with Crippen molar-refractivity contribution < 1.29 is 9.90 Å². The predicted molar refractivity (Wildman–Crippen MR) is 34.9 cm³/mol. The molecular weight excluding hydrogens is 145 g/mol. The summed E-state index contributed by atoms with van der Waals surface area (Å²) in [6.07, 6.45) is 3.01. The van der Waals surface area contributed by atoms with Crippen molar-refractivity contribution in [1.29, 1.82) is 0 Å². The Morgan fingerprint density at radius 3 is 2.56 bits per heavy atom. The molecule has 0 atom stereocenters. The van der Waals surface area contributed by atoms with Gasteiger partial charge >= 0.3 is 57.4 Å². The van der Waals surface area contributed by atoms with E-state index in [2.05, 4.69) is 4.98 Å². The van der Waals surface area contributed by atoms with E-state index in [1.165, 1.54) is 12.3 Å². The first-order chi connectivity index (χ1) is 3.80. The quantitative estimate of drug-likeness (QED) is 0.558. The van der Waals surface area contributed by atoms with E-state index in [1.54, 1.807) is 6.20 Å². The number of aromatic carboxylic acids is 1. The Morgan fingerprint density at radius 2 is 2.33 bits per heavy atom. The standard InChI is InChI=1S/C5H5NO2.K.H/c7-5(8)4-1-2-6-3-4;;/h1-3,6H,(H,7,8);;. The Hall–Kier alpha value is 0.386. The number of aromatic amines is 1. The number of carboxylic acids is 1. The van der Waals surface area contributed by atoms with Crippen LogP contribution >= 0.6 is 0 Å². The van der Waals surface area contributed by atoms with Gasteiger partial charge in [0.1, 0.15) is 0 Å². The number of aromatic nitrogens is 1. The molecule has 1 aromatic rings. The fourth-order valence-corrected chi connectivity index (χ4v) is 0.457. The Bertz CT molecular complexity index is 183. The number of hydrogen-bond acceptors (Lipinski definition) is 1. The van der Waals surface area contributed by atoms with Gasteiger partial charge in [0, 0.05) is 12.4 Å². The van der Waals surface area contributed by atoms with Crippen LogP contribution in [0.25, 0.3) is 0 Å². The molecule has 0 saturated carbocycles. The normalized spacial score (nSPS) is 8.00. The molecule has 9 heavy (non-hydrogen) atoms. The van der Waals surface area contributed by atoms with Crippen molar-refractivity contribution in [3.63, 3.8) is 0 Å². The number of rotatable bonds is 1. The van der Waals surface area contributed by atoms with Crippen LogP contribution in [0.5, 0.6) is 0 Å². The van der Waals surface area contributed by atoms with Crippen LogP contribution in [-0.4, -0.2) is 67.4 Å². The first-order valence-electron chi connectivity index (χ1n) is 2.17. The summed E-state index contributed by atoms with van der Waals surface area (Å²) in [6.45, 7) is 0. The number of hydrogen-bond donors (Lipinski definition) is 2. The van der Waals surface area contributed by atoms with Crippen molar-refractivity contribution in [2.75, 3.05) is 0 Å². The summed E-state index contributed by atoms with van der Waals surface area (Å²) in [5, 5.41) is 8.25. The van der Waals surface area contributed by atoms with Gasteiger partial charge in [-0.1, -0.05) is 0 Å². The fourth-order valence-electron chi connectivity index (χ4n) is 0.457. The van der Waals surface area contributed by atoms with Gasteiger partial charge in [0.15, 0.2) is 0 Å². The summed E-state index contributed by atoms with van der Waals surface area (Å²) in [4.78, 5) is 12.7. The monoisotopic (exact) mass is 151 g/mol. The Kier molecular flexibility index (Phi) is 4.42. The first kappa shape index (κ1) is 9.39. The van der Waals surface area contributed by atoms with Gasteiger partial charge in [0.2, 0.25) is 0 Å². The van der Waals surface area contributed by atoms with Gasteiger partial charge in [-0.05, 0) is 6.07 Å². The molecule has 0 bridgehead atoms. The van der Waals surface area contributed by atoms with E-state index in [-0.39, 0.29) is 51.4 Å². The molecule has 1 rings (SSSR count). The van der Waals surface area contributed by atoms with Crippen molar-refractivity contribution in [3.05, 3.63) is 24.0 Å². The summed E-state index contributed by atoms with van der Waals surface area (Å²) in [6, 6.07) is 1.50. The SMILES string of the molecule is O=C(O)c1cc[nH]c1.[KH]. The Balaban J connectivity index is 0.000000640.